The summed E-state index contributed by atoms with van der Waals surface area (Å²) in [4.78, 5) is 4.71. The molecule has 0 aromatic carbocycles. The number of piperazine rings is 1. The number of halogens is 1. The molecule has 1 saturated heterocycles. The van der Waals surface area contributed by atoms with E-state index in [1.807, 2.05) is 10.9 Å². The Labute approximate surface area is 123 Å². The third-order valence-electron chi connectivity index (χ3n) is 3.89. The molecular formula is C12H23BrN6. The van der Waals surface area contributed by atoms with Crippen LogP contribution >= 0.6 is 15.9 Å². The molecule has 2 rings (SSSR count). The van der Waals surface area contributed by atoms with Gasteiger partial charge in [-0.05, 0) is 36.9 Å². The molecule has 7 heteroatoms. The number of hydrazine groups is 1. The molecule has 2 unspecified atom stereocenters. The third-order valence-corrected chi connectivity index (χ3v) is 4.50. The molecule has 0 bridgehead atoms. The van der Waals surface area contributed by atoms with Gasteiger partial charge in [0.1, 0.15) is 0 Å². The Morgan fingerprint density at radius 2 is 2.26 bits per heavy atom. The van der Waals surface area contributed by atoms with Crippen molar-refractivity contribution >= 4 is 15.9 Å². The Balaban J connectivity index is 2.30. The first-order valence-electron chi connectivity index (χ1n) is 6.64. The molecule has 1 fully saturated rings. The number of likely N-dealkylation sites (N-methyl/N-ethyl adjacent to an activating group) is 2. The van der Waals surface area contributed by atoms with E-state index >= 15 is 0 Å². The lowest BCUT2D eigenvalue weighted by Crippen LogP contribution is -2.56. The maximum Gasteiger partial charge on any atom is 0.0807 e. The summed E-state index contributed by atoms with van der Waals surface area (Å²) in [5, 5.41) is 4.38. The lowest BCUT2D eigenvalue weighted by Gasteiger charge is -2.41. The van der Waals surface area contributed by atoms with Crippen LogP contribution in [-0.4, -0.2) is 59.4 Å². The van der Waals surface area contributed by atoms with Gasteiger partial charge >= 0.3 is 0 Å². The van der Waals surface area contributed by atoms with Crippen molar-refractivity contribution in [2.45, 2.75) is 25.6 Å². The van der Waals surface area contributed by atoms with E-state index in [0.717, 1.165) is 36.3 Å². The zero-order chi connectivity index (χ0) is 14.0. The van der Waals surface area contributed by atoms with Crippen molar-refractivity contribution in [3.05, 3.63) is 16.4 Å². The van der Waals surface area contributed by atoms with Gasteiger partial charge < -0.3 is 4.90 Å². The number of nitrogens with zero attached hydrogens (tertiary/aromatic N) is 4. The van der Waals surface area contributed by atoms with Crippen molar-refractivity contribution in [3.63, 3.8) is 0 Å². The standard InChI is InChI=1S/C12H23BrN6/c1-4-19-12(9(13)7-15-19)11(16-14)10-8-17(2)5-6-18(10)3/h7,10-11,16H,4-6,8,14H2,1-3H3. The number of rotatable bonds is 4. The zero-order valence-corrected chi connectivity index (χ0v) is 13.4. The lowest BCUT2D eigenvalue weighted by atomic mass is 10.0. The predicted octanol–water partition coefficient (Wildman–Crippen LogP) is 0.416. The van der Waals surface area contributed by atoms with Crippen LogP contribution in [0.5, 0.6) is 0 Å². The summed E-state index contributed by atoms with van der Waals surface area (Å²) in [5.74, 6) is 5.84. The number of hydrogen-bond acceptors (Lipinski definition) is 5. The molecule has 19 heavy (non-hydrogen) atoms. The van der Waals surface area contributed by atoms with Crippen LogP contribution in [-0.2, 0) is 6.54 Å². The van der Waals surface area contributed by atoms with Crippen LogP contribution in [0.1, 0.15) is 18.7 Å². The highest BCUT2D eigenvalue weighted by Crippen LogP contribution is 2.28. The number of nitrogens with one attached hydrogen (secondary N) is 1. The van der Waals surface area contributed by atoms with Crippen molar-refractivity contribution in [2.75, 3.05) is 33.7 Å². The van der Waals surface area contributed by atoms with Crippen LogP contribution in [0, 0.1) is 0 Å². The summed E-state index contributed by atoms with van der Waals surface area (Å²) in [5.41, 5.74) is 4.10. The summed E-state index contributed by atoms with van der Waals surface area (Å²) in [7, 11) is 4.31. The molecule has 1 aromatic heterocycles. The highest BCUT2D eigenvalue weighted by molar-refractivity contribution is 9.10. The second-order valence-electron chi connectivity index (χ2n) is 5.15. The Hall–Kier alpha value is -0.470. The molecular weight excluding hydrogens is 308 g/mol. The van der Waals surface area contributed by atoms with Gasteiger partial charge in [-0.15, -0.1) is 0 Å². The number of nitrogens with two attached hydrogens (primary N) is 1. The van der Waals surface area contributed by atoms with Gasteiger partial charge in [0.25, 0.3) is 0 Å². The molecule has 1 aromatic rings. The van der Waals surface area contributed by atoms with E-state index in [1.165, 1.54) is 0 Å². The van der Waals surface area contributed by atoms with Crippen LogP contribution in [0.25, 0.3) is 0 Å². The fourth-order valence-electron chi connectivity index (χ4n) is 2.71. The highest BCUT2D eigenvalue weighted by Gasteiger charge is 2.33. The molecule has 6 nitrogen and oxygen atoms in total. The van der Waals surface area contributed by atoms with Gasteiger partial charge in [0, 0.05) is 32.2 Å². The molecule has 1 aliphatic heterocycles. The first-order valence-corrected chi connectivity index (χ1v) is 7.43. The van der Waals surface area contributed by atoms with Gasteiger partial charge in [-0.2, -0.15) is 5.10 Å². The van der Waals surface area contributed by atoms with Crippen molar-refractivity contribution < 1.29 is 0 Å². The summed E-state index contributed by atoms with van der Waals surface area (Å²) >= 11 is 3.59. The first kappa shape index (κ1) is 14.9. The van der Waals surface area contributed by atoms with Crippen LogP contribution in [0.15, 0.2) is 10.7 Å². The van der Waals surface area contributed by atoms with Gasteiger partial charge in [0.15, 0.2) is 0 Å². The van der Waals surface area contributed by atoms with E-state index in [2.05, 4.69) is 57.3 Å². The van der Waals surface area contributed by atoms with Crippen LogP contribution < -0.4 is 11.3 Å². The highest BCUT2D eigenvalue weighted by atomic mass is 79.9. The molecule has 3 N–H and O–H groups in total. The smallest absolute Gasteiger partial charge is 0.0807 e. The largest absolute Gasteiger partial charge is 0.303 e. The average molecular weight is 331 g/mol. The van der Waals surface area contributed by atoms with E-state index in [1.54, 1.807) is 0 Å². The minimum Gasteiger partial charge on any atom is -0.303 e. The number of hydrogen-bond donors (Lipinski definition) is 2. The fraction of sp³-hybridized carbons (Fsp3) is 0.750. The lowest BCUT2D eigenvalue weighted by molar-refractivity contribution is 0.0851. The van der Waals surface area contributed by atoms with Gasteiger partial charge in [-0.25, -0.2) is 5.43 Å². The maximum atomic E-state index is 5.84. The summed E-state index contributed by atoms with van der Waals surface area (Å²) in [6.45, 7) is 6.07. The summed E-state index contributed by atoms with van der Waals surface area (Å²) in [6.07, 6.45) is 1.84. The molecule has 0 spiro atoms. The van der Waals surface area contributed by atoms with E-state index in [0.29, 0.717) is 6.04 Å². The van der Waals surface area contributed by atoms with E-state index in [-0.39, 0.29) is 6.04 Å². The minimum absolute atomic E-state index is 0.0598. The van der Waals surface area contributed by atoms with Crippen LogP contribution in [0.2, 0.25) is 0 Å². The second kappa shape index (κ2) is 6.32. The monoisotopic (exact) mass is 330 g/mol. The minimum atomic E-state index is 0.0598. The van der Waals surface area contributed by atoms with Crippen LogP contribution in [0.3, 0.4) is 0 Å². The molecule has 2 atom stereocenters. The Morgan fingerprint density at radius 1 is 1.53 bits per heavy atom. The molecule has 2 heterocycles. The van der Waals surface area contributed by atoms with E-state index in [9.17, 15) is 0 Å². The van der Waals surface area contributed by atoms with Gasteiger partial charge in [0.05, 0.1) is 22.4 Å². The fourth-order valence-corrected chi connectivity index (χ4v) is 3.25. The maximum absolute atomic E-state index is 5.84. The molecule has 0 amide bonds. The number of aryl methyl sites for hydroxylation is 1. The van der Waals surface area contributed by atoms with Crippen molar-refractivity contribution in [2.24, 2.45) is 5.84 Å². The Bertz CT molecular complexity index is 420. The molecule has 108 valence electrons. The second-order valence-corrected chi connectivity index (χ2v) is 6.00. The van der Waals surface area contributed by atoms with Gasteiger partial charge in [0.2, 0.25) is 0 Å². The van der Waals surface area contributed by atoms with Gasteiger partial charge in [-0.1, -0.05) is 0 Å². The van der Waals surface area contributed by atoms with Crippen molar-refractivity contribution in [1.82, 2.24) is 25.0 Å². The van der Waals surface area contributed by atoms with Crippen molar-refractivity contribution in [3.8, 4) is 0 Å². The average Bonchev–Trinajstić information content (AvgIpc) is 2.76. The summed E-state index contributed by atoms with van der Waals surface area (Å²) < 4.78 is 3.01. The molecule has 0 radical (unpaired) electrons. The van der Waals surface area contributed by atoms with E-state index in [4.69, 9.17) is 5.84 Å². The van der Waals surface area contributed by atoms with Crippen LogP contribution in [0.4, 0.5) is 0 Å². The predicted molar refractivity (Wildman–Crippen MR) is 79.6 cm³/mol. The normalized spacial score (nSPS) is 23.7. The molecule has 0 saturated carbocycles. The molecule has 1 aliphatic rings. The summed E-state index contributed by atoms with van der Waals surface area (Å²) in [6, 6.07) is 0.395. The van der Waals surface area contributed by atoms with Crippen molar-refractivity contribution in [1.29, 1.82) is 0 Å². The third kappa shape index (κ3) is 3.00. The molecule has 0 aliphatic carbocycles. The van der Waals surface area contributed by atoms with E-state index < -0.39 is 0 Å². The number of aromatic nitrogens is 2. The SMILES string of the molecule is CCn1ncc(Br)c1C(NN)C1CN(C)CCN1C. The van der Waals surface area contributed by atoms with Gasteiger partial charge in [-0.3, -0.25) is 15.4 Å². The zero-order valence-electron chi connectivity index (χ0n) is 11.8. The first-order chi connectivity index (χ1) is 9.08. The quantitative estimate of drug-likeness (QED) is 0.618. The Kier molecular flexibility index (Phi) is 4.97. The topological polar surface area (TPSA) is 62.4 Å². The Morgan fingerprint density at radius 3 is 2.89 bits per heavy atom.